The van der Waals surface area contributed by atoms with Crippen LogP contribution in [0.5, 0.6) is 0 Å². The van der Waals surface area contributed by atoms with Crippen molar-refractivity contribution in [2.75, 3.05) is 31.5 Å². The van der Waals surface area contributed by atoms with E-state index in [2.05, 4.69) is 48.5 Å². The molecule has 39 heavy (non-hydrogen) atoms. The van der Waals surface area contributed by atoms with Crippen molar-refractivity contribution in [1.82, 2.24) is 34.7 Å². The fraction of sp³-hybridized carbons (Fsp3) is 0.448. The Morgan fingerprint density at radius 1 is 0.974 bits per heavy atom. The molecule has 2 saturated heterocycles. The van der Waals surface area contributed by atoms with Gasteiger partial charge in [0.2, 0.25) is 5.95 Å². The molecule has 0 bridgehead atoms. The van der Waals surface area contributed by atoms with Gasteiger partial charge in [-0.25, -0.2) is 28.7 Å². The Kier molecular flexibility index (Phi) is 6.55. The molecule has 1 spiro atoms. The number of fused-ring (bicyclic) bond motifs is 1. The molecule has 2 N–H and O–H groups in total. The van der Waals surface area contributed by atoms with Crippen LogP contribution < -0.4 is 10.6 Å². The van der Waals surface area contributed by atoms with Crippen molar-refractivity contribution in [2.24, 2.45) is 5.41 Å². The van der Waals surface area contributed by atoms with E-state index in [4.69, 9.17) is 0 Å². The standard InChI is InChI=1S/C29H34F2N8/c1-17(2)39-19(4)35-27-22(30)11-21(12-24(27)39)26-23(31)14-34-28(37-26)36-25-6-5-20(13-33-25)18(3)38-9-7-29(8-10-38)15-32-16-29/h5-6,11-14,17-18,32H,7-10,15-16H2,1-4H3,(H,33,34,36,37)/t18-/m0/s1. The fourth-order valence-corrected chi connectivity index (χ4v) is 5.96. The van der Waals surface area contributed by atoms with Crippen LogP contribution in [0.3, 0.4) is 0 Å². The van der Waals surface area contributed by atoms with Gasteiger partial charge in [0.15, 0.2) is 11.6 Å². The van der Waals surface area contributed by atoms with Gasteiger partial charge in [0.25, 0.3) is 0 Å². The van der Waals surface area contributed by atoms with Crippen molar-refractivity contribution in [3.05, 3.63) is 59.7 Å². The first-order valence-corrected chi connectivity index (χ1v) is 13.6. The highest BCUT2D eigenvalue weighted by atomic mass is 19.1. The molecule has 204 valence electrons. The Labute approximate surface area is 226 Å². The molecule has 0 aliphatic carbocycles. The van der Waals surface area contributed by atoms with Gasteiger partial charge in [-0.2, -0.15) is 0 Å². The summed E-state index contributed by atoms with van der Waals surface area (Å²) in [7, 11) is 0. The van der Waals surface area contributed by atoms with Crippen LogP contribution in [-0.4, -0.2) is 55.6 Å². The zero-order chi connectivity index (χ0) is 27.3. The summed E-state index contributed by atoms with van der Waals surface area (Å²) in [6, 6.07) is 7.28. The van der Waals surface area contributed by atoms with Gasteiger partial charge in [-0.05, 0) is 82.8 Å². The van der Waals surface area contributed by atoms with Crippen molar-refractivity contribution in [3.8, 4) is 11.3 Å². The highest BCUT2D eigenvalue weighted by Gasteiger charge is 2.40. The molecule has 2 aliphatic heterocycles. The number of aryl methyl sites for hydroxylation is 1. The lowest BCUT2D eigenvalue weighted by molar-refractivity contribution is 0.0379. The first-order valence-electron chi connectivity index (χ1n) is 13.6. The number of rotatable bonds is 6. The number of hydrogen-bond acceptors (Lipinski definition) is 7. The van der Waals surface area contributed by atoms with Gasteiger partial charge < -0.3 is 15.2 Å². The topological polar surface area (TPSA) is 83.8 Å². The third kappa shape index (κ3) is 4.76. The molecule has 0 amide bonds. The van der Waals surface area contributed by atoms with Gasteiger partial charge in [-0.1, -0.05) is 6.07 Å². The van der Waals surface area contributed by atoms with E-state index in [1.165, 1.54) is 18.9 Å². The summed E-state index contributed by atoms with van der Waals surface area (Å²) < 4.78 is 31.8. The first kappa shape index (κ1) is 25.8. The lowest BCUT2D eigenvalue weighted by Crippen LogP contribution is -2.58. The zero-order valence-electron chi connectivity index (χ0n) is 22.8. The summed E-state index contributed by atoms with van der Waals surface area (Å²) in [5.74, 6) is 0.285. The van der Waals surface area contributed by atoms with Crippen LogP contribution in [0.2, 0.25) is 0 Å². The number of aromatic nitrogens is 5. The van der Waals surface area contributed by atoms with Crippen LogP contribution in [0.4, 0.5) is 20.5 Å². The first-order chi connectivity index (χ1) is 18.7. The largest absolute Gasteiger partial charge is 0.326 e. The quantitative estimate of drug-likeness (QED) is 0.337. The van der Waals surface area contributed by atoms with Crippen LogP contribution >= 0.6 is 0 Å². The molecule has 6 rings (SSSR count). The Bertz CT molecular complexity index is 1500. The lowest BCUT2D eigenvalue weighted by atomic mass is 9.73. The summed E-state index contributed by atoms with van der Waals surface area (Å²) in [4.78, 5) is 19.9. The SMILES string of the molecule is Cc1nc2c(F)cc(-c3nc(Nc4ccc([C@H](C)N5CCC6(CC5)CNC6)cn4)ncc3F)cc2n1C(C)C. The minimum atomic E-state index is -0.634. The minimum absolute atomic E-state index is 0.0113. The zero-order valence-corrected chi connectivity index (χ0v) is 22.8. The van der Waals surface area contributed by atoms with Crippen molar-refractivity contribution >= 4 is 22.8 Å². The third-order valence-electron chi connectivity index (χ3n) is 8.37. The molecule has 5 heterocycles. The van der Waals surface area contributed by atoms with E-state index in [1.807, 2.05) is 37.6 Å². The molecule has 0 saturated carbocycles. The highest BCUT2D eigenvalue weighted by molar-refractivity contribution is 5.83. The van der Waals surface area contributed by atoms with Crippen molar-refractivity contribution < 1.29 is 8.78 Å². The second-order valence-corrected chi connectivity index (χ2v) is 11.3. The fourth-order valence-electron chi connectivity index (χ4n) is 5.96. The Morgan fingerprint density at radius 3 is 2.38 bits per heavy atom. The Balaban J connectivity index is 1.21. The van der Waals surface area contributed by atoms with Gasteiger partial charge in [-0.3, -0.25) is 4.90 Å². The average molecular weight is 533 g/mol. The predicted molar refractivity (Wildman–Crippen MR) is 148 cm³/mol. The van der Waals surface area contributed by atoms with Crippen LogP contribution in [0.15, 0.2) is 36.7 Å². The maximum absolute atomic E-state index is 15.0. The van der Waals surface area contributed by atoms with E-state index in [0.29, 0.717) is 28.1 Å². The van der Waals surface area contributed by atoms with E-state index >= 15 is 0 Å². The van der Waals surface area contributed by atoms with Crippen molar-refractivity contribution in [1.29, 1.82) is 0 Å². The number of imidazole rings is 1. The summed E-state index contributed by atoms with van der Waals surface area (Å²) in [5, 5.41) is 6.49. The molecular weight excluding hydrogens is 498 g/mol. The molecule has 0 radical (unpaired) electrons. The second kappa shape index (κ2) is 9.91. The van der Waals surface area contributed by atoms with Gasteiger partial charge >= 0.3 is 0 Å². The summed E-state index contributed by atoms with van der Waals surface area (Å²) in [5.41, 5.74) is 2.86. The van der Waals surface area contributed by atoms with E-state index in [-0.39, 0.29) is 29.2 Å². The summed E-state index contributed by atoms with van der Waals surface area (Å²) in [6.07, 6.45) is 5.43. The average Bonchev–Trinajstić information content (AvgIpc) is 3.25. The number of nitrogens with one attached hydrogen (secondary N) is 2. The van der Waals surface area contributed by atoms with E-state index in [0.717, 1.165) is 37.9 Å². The smallest absolute Gasteiger partial charge is 0.229 e. The maximum Gasteiger partial charge on any atom is 0.229 e. The number of halogens is 2. The number of hydrogen-bond donors (Lipinski definition) is 2. The minimum Gasteiger partial charge on any atom is -0.326 e. The van der Waals surface area contributed by atoms with Crippen LogP contribution in [0.25, 0.3) is 22.3 Å². The number of pyridine rings is 1. The maximum atomic E-state index is 15.0. The number of likely N-dealkylation sites (tertiary alicyclic amines) is 1. The van der Waals surface area contributed by atoms with E-state index < -0.39 is 11.6 Å². The van der Waals surface area contributed by atoms with Gasteiger partial charge in [0, 0.05) is 36.9 Å². The molecule has 2 fully saturated rings. The summed E-state index contributed by atoms with van der Waals surface area (Å²) >= 11 is 0. The van der Waals surface area contributed by atoms with Crippen LogP contribution in [0.1, 0.15) is 57.1 Å². The van der Waals surface area contributed by atoms with E-state index in [9.17, 15) is 8.78 Å². The van der Waals surface area contributed by atoms with E-state index in [1.54, 1.807) is 6.07 Å². The van der Waals surface area contributed by atoms with Crippen molar-refractivity contribution in [3.63, 3.8) is 0 Å². The van der Waals surface area contributed by atoms with Gasteiger partial charge in [0.1, 0.15) is 22.9 Å². The van der Waals surface area contributed by atoms with Gasteiger partial charge in [0.05, 0.1) is 11.7 Å². The Hall–Kier alpha value is -3.50. The van der Waals surface area contributed by atoms with Crippen molar-refractivity contribution in [2.45, 2.75) is 52.6 Å². The van der Waals surface area contributed by atoms with Crippen LogP contribution in [0, 0.1) is 24.0 Å². The Morgan fingerprint density at radius 2 is 1.74 bits per heavy atom. The molecule has 1 aromatic carbocycles. The third-order valence-corrected chi connectivity index (χ3v) is 8.37. The number of piperidine rings is 1. The molecule has 1 atom stereocenters. The highest BCUT2D eigenvalue weighted by Crippen LogP contribution is 2.37. The molecule has 3 aromatic heterocycles. The monoisotopic (exact) mass is 532 g/mol. The number of benzene rings is 1. The molecule has 0 unspecified atom stereocenters. The molecule has 10 heteroatoms. The summed E-state index contributed by atoms with van der Waals surface area (Å²) in [6.45, 7) is 12.5. The molecule has 2 aliphatic rings. The molecule has 8 nitrogen and oxygen atoms in total. The number of nitrogens with zero attached hydrogens (tertiary/aromatic N) is 6. The predicted octanol–water partition coefficient (Wildman–Crippen LogP) is 5.55. The normalized spacial score (nSPS) is 18.0. The number of anilines is 2. The van der Waals surface area contributed by atoms with Gasteiger partial charge in [-0.15, -0.1) is 0 Å². The molecular formula is C29H34F2N8. The lowest BCUT2D eigenvalue weighted by Gasteiger charge is -2.49. The van der Waals surface area contributed by atoms with Crippen LogP contribution in [-0.2, 0) is 0 Å². The second-order valence-electron chi connectivity index (χ2n) is 11.3. The molecule has 4 aromatic rings.